The number of amides is 1. The number of hydrogen-bond acceptors (Lipinski definition) is 11. The van der Waals surface area contributed by atoms with E-state index in [0.29, 0.717) is 65.9 Å². The van der Waals surface area contributed by atoms with Crippen LogP contribution in [0.15, 0.2) is 103 Å². The summed E-state index contributed by atoms with van der Waals surface area (Å²) in [6.45, 7) is 11.0. The number of unbranched alkanes of at least 4 members (excludes halogenated alkanes) is 2. The SMILES string of the molecule is C=CCOc1ccc2c(c1)C1C(CCCCO)C(CCCCO)C=C3C(=NOCC)CC(N(Cc4ccc5c(c4)OCO5)C(=O)c4ccc(C#N)cc4)C(OCC=C)(O2)C31. The van der Waals surface area contributed by atoms with E-state index in [1.165, 1.54) is 0 Å². The largest absolute Gasteiger partial charge is 0.490 e. The van der Waals surface area contributed by atoms with Crippen LogP contribution in [0.4, 0.5) is 0 Å². The number of benzene rings is 3. The lowest BCUT2D eigenvalue weighted by Crippen LogP contribution is -2.70. The molecule has 2 N–H and O–H groups in total. The molecule has 1 fully saturated rings. The maximum absolute atomic E-state index is 15.3. The second kappa shape index (κ2) is 19.6. The number of carbonyl (C=O) groups is 1. The van der Waals surface area contributed by atoms with E-state index in [1.54, 1.807) is 41.3 Å². The fraction of sp³-hybridized carbons (Fsp3) is 0.438. The number of aliphatic hydroxyl groups is 2. The van der Waals surface area contributed by atoms with E-state index < -0.39 is 17.7 Å². The Kier molecular flexibility index (Phi) is 13.9. The first-order valence-corrected chi connectivity index (χ1v) is 21.0. The van der Waals surface area contributed by atoms with Gasteiger partial charge in [-0.1, -0.05) is 48.9 Å². The lowest BCUT2D eigenvalue weighted by atomic mass is 9.55. The number of fused-ring (bicyclic) bond motifs is 3. The van der Waals surface area contributed by atoms with Crippen molar-refractivity contribution in [3.63, 3.8) is 0 Å². The van der Waals surface area contributed by atoms with Gasteiger partial charge in [0.15, 0.2) is 11.5 Å². The van der Waals surface area contributed by atoms with Gasteiger partial charge in [0.05, 0.1) is 29.9 Å². The van der Waals surface area contributed by atoms with Gasteiger partial charge in [-0.3, -0.25) is 4.79 Å². The minimum absolute atomic E-state index is 0.0524. The molecule has 0 bridgehead atoms. The smallest absolute Gasteiger partial charge is 0.254 e. The van der Waals surface area contributed by atoms with E-state index >= 15 is 4.79 Å². The molecule has 1 saturated carbocycles. The molecule has 1 amide bonds. The molecule has 2 heterocycles. The van der Waals surface area contributed by atoms with Gasteiger partial charge in [-0.2, -0.15) is 5.26 Å². The number of allylic oxidation sites excluding steroid dienone is 1. The Hall–Kier alpha value is -5.61. The van der Waals surface area contributed by atoms with Crippen molar-refractivity contribution < 1.29 is 43.5 Å². The van der Waals surface area contributed by atoms with Crippen molar-refractivity contribution in [2.24, 2.45) is 22.9 Å². The molecular formula is C48H55N3O9. The van der Waals surface area contributed by atoms with Gasteiger partial charge in [-0.15, -0.1) is 6.58 Å². The molecular weight excluding hydrogens is 763 g/mol. The van der Waals surface area contributed by atoms with Crippen LogP contribution in [-0.4, -0.2) is 78.4 Å². The van der Waals surface area contributed by atoms with Gasteiger partial charge in [0, 0.05) is 43.2 Å². The highest BCUT2D eigenvalue weighted by Gasteiger charge is 2.65. The topological polar surface area (TPSA) is 152 Å². The fourth-order valence-corrected chi connectivity index (χ4v) is 9.45. The van der Waals surface area contributed by atoms with Crippen LogP contribution in [0.5, 0.6) is 23.0 Å². The third-order valence-electron chi connectivity index (χ3n) is 12.0. The quantitative estimate of drug-likeness (QED) is 0.0655. The summed E-state index contributed by atoms with van der Waals surface area (Å²) in [7, 11) is 0. The third kappa shape index (κ3) is 8.66. The first kappa shape index (κ1) is 42.5. The summed E-state index contributed by atoms with van der Waals surface area (Å²) in [5.41, 5.74) is 4.24. The minimum atomic E-state index is -1.46. The van der Waals surface area contributed by atoms with Crippen LogP contribution < -0.4 is 18.9 Å². The van der Waals surface area contributed by atoms with E-state index in [4.69, 9.17) is 33.7 Å². The first-order chi connectivity index (χ1) is 29.4. The molecule has 0 saturated heterocycles. The van der Waals surface area contributed by atoms with Crippen LogP contribution >= 0.6 is 0 Å². The van der Waals surface area contributed by atoms with Crippen molar-refractivity contribution in [2.45, 2.75) is 76.2 Å². The molecule has 3 aromatic rings. The fourth-order valence-electron chi connectivity index (χ4n) is 9.45. The average molecular weight is 818 g/mol. The van der Waals surface area contributed by atoms with Gasteiger partial charge in [0.1, 0.15) is 30.8 Å². The summed E-state index contributed by atoms with van der Waals surface area (Å²) in [4.78, 5) is 23.0. The van der Waals surface area contributed by atoms with E-state index in [-0.39, 0.29) is 63.2 Å². The molecule has 60 heavy (non-hydrogen) atoms. The molecule has 0 aromatic heterocycles. The van der Waals surface area contributed by atoms with Crippen LogP contribution in [0, 0.1) is 29.1 Å². The zero-order valence-corrected chi connectivity index (χ0v) is 34.3. The van der Waals surface area contributed by atoms with Gasteiger partial charge in [-0.25, -0.2) is 0 Å². The zero-order valence-electron chi connectivity index (χ0n) is 34.3. The second-order valence-electron chi connectivity index (χ2n) is 15.6. The summed E-state index contributed by atoms with van der Waals surface area (Å²) in [5, 5.41) is 34.2. The van der Waals surface area contributed by atoms with Crippen molar-refractivity contribution >= 4 is 11.6 Å². The van der Waals surface area contributed by atoms with E-state index in [0.717, 1.165) is 42.4 Å². The third-order valence-corrected chi connectivity index (χ3v) is 12.0. The highest BCUT2D eigenvalue weighted by molar-refractivity contribution is 6.03. The Morgan fingerprint density at radius 2 is 1.72 bits per heavy atom. The number of nitriles is 1. The van der Waals surface area contributed by atoms with Crippen LogP contribution in [0.25, 0.3) is 0 Å². The Morgan fingerprint density at radius 3 is 2.45 bits per heavy atom. The predicted molar refractivity (Wildman–Crippen MR) is 226 cm³/mol. The molecule has 4 aliphatic rings. The molecule has 7 rings (SSSR count). The van der Waals surface area contributed by atoms with E-state index in [9.17, 15) is 15.5 Å². The summed E-state index contributed by atoms with van der Waals surface area (Å²) in [5.74, 6) is 0.201. The Bertz CT molecular complexity index is 2110. The van der Waals surface area contributed by atoms with Crippen molar-refractivity contribution in [3.8, 4) is 29.1 Å². The second-order valence-corrected chi connectivity index (χ2v) is 15.6. The van der Waals surface area contributed by atoms with Crippen LogP contribution in [0.3, 0.4) is 0 Å². The van der Waals surface area contributed by atoms with Crippen LogP contribution in [0.2, 0.25) is 0 Å². The summed E-state index contributed by atoms with van der Waals surface area (Å²) < 4.78 is 32.0. The maximum atomic E-state index is 15.3. The lowest BCUT2D eigenvalue weighted by molar-refractivity contribution is -0.255. The maximum Gasteiger partial charge on any atom is 0.254 e. The number of oxime groups is 1. The summed E-state index contributed by atoms with van der Waals surface area (Å²) in [6.07, 6.45) is 10.5. The Labute approximate surface area is 352 Å². The first-order valence-electron chi connectivity index (χ1n) is 21.0. The number of ether oxygens (including phenoxy) is 5. The van der Waals surface area contributed by atoms with Crippen LogP contribution in [-0.2, 0) is 16.1 Å². The molecule has 2 aliphatic carbocycles. The predicted octanol–water partition coefficient (Wildman–Crippen LogP) is 7.85. The van der Waals surface area contributed by atoms with E-state index in [2.05, 4.69) is 31.4 Å². The number of rotatable bonds is 20. The van der Waals surface area contributed by atoms with Crippen LogP contribution in [0.1, 0.15) is 84.8 Å². The monoisotopic (exact) mass is 817 g/mol. The van der Waals surface area contributed by atoms with Crippen molar-refractivity contribution in [1.29, 1.82) is 5.26 Å². The molecule has 6 unspecified atom stereocenters. The molecule has 316 valence electrons. The van der Waals surface area contributed by atoms with Gasteiger partial charge in [0.2, 0.25) is 12.6 Å². The molecule has 2 aliphatic heterocycles. The van der Waals surface area contributed by atoms with Gasteiger partial charge in [0.25, 0.3) is 5.91 Å². The average Bonchev–Trinajstić information content (AvgIpc) is 3.75. The van der Waals surface area contributed by atoms with E-state index in [1.807, 2.05) is 37.3 Å². The Balaban J connectivity index is 1.47. The lowest BCUT2D eigenvalue weighted by Gasteiger charge is -2.60. The highest BCUT2D eigenvalue weighted by Crippen LogP contribution is 2.62. The highest BCUT2D eigenvalue weighted by atomic mass is 16.7. The summed E-state index contributed by atoms with van der Waals surface area (Å²) >= 11 is 0. The van der Waals surface area contributed by atoms with Crippen molar-refractivity contribution in [3.05, 3.63) is 120 Å². The molecule has 0 radical (unpaired) electrons. The normalized spacial score (nSPS) is 23.9. The standard InChI is InChI=1S/C48H55N3O9/c1-4-23-55-36-18-20-41-39(27-36)45-37(12-8-10-22-53)35(11-7-9-21-52)26-38-40(50-59-6-3)28-44(48(60-41,46(38)45)58-24-5-2)51(47(54)34-16-13-32(29-49)14-17-34)30-33-15-19-42-43(25-33)57-31-56-42/h4-5,13-20,25-27,35,37,44-46,52-53H,1-2,6-12,21-24,28,30-31H2,3H3. The Morgan fingerprint density at radius 1 is 0.967 bits per heavy atom. The summed E-state index contributed by atoms with van der Waals surface area (Å²) in [6, 6.07) is 19.5. The molecule has 6 atom stereocenters. The number of hydrogen-bond donors (Lipinski definition) is 2. The van der Waals surface area contributed by atoms with Crippen molar-refractivity contribution in [1.82, 2.24) is 4.90 Å². The minimum Gasteiger partial charge on any atom is -0.490 e. The molecule has 0 spiro atoms. The van der Waals surface area contributed by atoms with Gasteiger partial charge >= 0.3 is 0 Å². The molecule has 12 heteroatoms. The molecule has 12 nitrogen and oxygen atoms in total. The number of aliphatic hydroxyl groups excluding tert-OH is 2. The molecule has 3 aromatic carbocycles. The van der Waals surface area contributed by atoms with Gasteiger partial charge < -0.3 is 43.6 Å². The number of carbonyl (C=O) groups excluding carboxylic acids is 1. The van der Waals surface area contributed by atoms with Gasteiger partial charge in [-0.05, 0) is 110 Å². The zero-order chi connectivity index (χ0) is 42.1. The number of nitrogens with zero attached hydrogens (tertiary/aromatic N) is 3. The van der Waals surface area contributed by atoms with Crippen molar-refractivity contribution in [2.75, 3.05) is 39.8 Å².